The molecule has 0 bridgehead atoms. The van der Waals surface area contributed by atoms with Gasteiger partial charge in [-0.2, -0.15) is 13.2 Å². The zero-order valence-corrected chi connectivity index (χ0v) is 11.4. The van der Waals surface area contributed by atoms with Crippen LogP contribution in [-0.2, 0) is 19.8 Å². The largest absolute Gasteiger partial charge is 0.451 e. The van der Waals surface area contributed by atoms with Crippen molar-refractivity contribution in [2.45, 2.75) is 12.7 Å². The van der Waals surface area contributed by atoms with Gasteiger partial charge >= 0.3 is 6.18 Å². The molecule has 10 heteroatoms. The van der Waals surface area contributed by atoms with Crippen LogP contribution in [-0.4, -0.2) is 26.6 Å². The molecule has 0 saturated carbocycles. The van der Waals surface area contributed by atoms with Crippen molar-refractivity contribution in [2.75, 3.05) is 17.4 Å². The van der Waals surface area contributed by atoms with E-state index in [1.165, 1.54) is 11.0 Å². The van der Waals surface area contributed by atoms with E-state index in [1.54, 1.807) is 31.1 Å². The van der Waals surface area contributed by atoms with E-state index in [9.17, 15) is 13.2 Å². The second-order valence-corrected chi connectivity index (χ2v) is 4.39. The van der Waals surface area contributed by atoms with E-state index >= 15 is 0 Å². The molecule has 0 fully saturated rings. The summed E-state index contributed by atoms with van der Waals surface area (Å²) < 4.78 is 40.0. The maximum absolute atomic E-state index is 12.8. The molecule has 7 nitrogen and oxygen atoms in total. The Hall–Kier alpha value is -2.36. The van der Waals surface area contributed by atoms with Crippen LogP contribution in [0, 0.1) is 0 Å². The number of nitrogens with zero attached hydrogens (tertiary/aromatic N) is 5. The first-order valence-corrected chi connectivity index (χ1v) is 5.91. The summed E-state index contributed by atoms with van der Waals surface area (Å²) in [5.41, 5.74) is 2.11. The molecule has 0 atom stereocenters. The number of nitrogens with one attached hydrogen (secondary N) is 1. The third-order valence-corrected chi connectivity index (χ3v) is 2.80. The Bertz CT molecular complexity index is 623. The van der Waals surface area contributed by atoms with Crippen LogP contribution in [0.25, 0.3) is 0 Å². The summed E-state index contributed by atoms with van der Waals surface area (Å²) >= 11 is 0. The van der Waals surface area contributed by atoms with E-state index < -0.39 is 12.0 Å². The SMILES string of the molecule is CN(Cc1nccn1C)c1cc(NN)nc(C(F)(F)F)n1. The van der Waals surface area contributed by atoms with Gasteiger partial charge in [-0.15, -0.1) is 0 Å². The van der Waals surface area contributed by atoms with Crippen LogP contribution in [0.5, 0.6) is 0 Å². The maximum atomic E-state index is 12.8. The number of nitrogens with two attached hydrogens (primary N) is 1. The standard InChI is InChI=1S/C11H14F3N7/c1-20-4-3-16-9(20)6-21(2)8-5-7(19-15)17-10(18-8)11(12,13)14/h3-5H,6,15H2,1-2H3,(H,17,18,19). The van der Waals surface area contributed by atoms with Crippen molar-refractivity contribution >= 4 is 11.6 Å². The Morgan fingerprint density at radius 2 is 2.10 bits per heavy atom. The van der Waals surface area contributed by atoms with E-state index in [-0.39, 0.29) is 11.6 Å². The predicted molar refractivity (Wildman–Crippen MR) is 70.2 cm³/mol. The van der Waals surface area contributed by atoms with Crippen LogP contribution in [0.4, 0.5) is 24.8 Å². The lowest BCUT2D eigenvalue weighted by atomic mass is 10.4. The molecule has 21 heavy (non-hydrogen) atoms. The first kappa shape index (κ1) is 15.0. The number of hydrazine groups is 1. The van der Waals surface area contributed by atoms with Gasteiger partial charge in [0.1, 0.15) is 17.5 Å². The van der Waals surface area contributed by atoms with E-state index in [1.807, 2.05) is 0 Å². The number of halogens is 3. The van der Waals surface area contributed by atoms with Gasteiger partial charge in [0.05, 0.1) is 6.54 Å². The fourth-order valence-corrected chi connectivity index (χ4v) is 1.67. The molecule has 0 aromatic carbocycles. The molecule has 2 aromatic rings. The lowest BCUT2D eigenvalue weighted by Crippen LogP contribution is -2.23. The van der Waals surface area contributed by atoms with Crippen molar-refractivity contribution in [3.05, 3.63) is 30.1 Å². The highest BCUT2D eigenvalue weighted by Gasteiger charge is 2.35. The van der Waals surface area contributed by atoms with Gasteiger partial charge in [0, 0.05) is 32.6 Å². The van der Waals surface area contributed by atoms with Gasteiger partial charge in [-0.1, -0.05) is 0 Å². The molecule has 0 unspecified atom stereocenters. The minimum atomic E-state index is -4.65. The summed E-state index contributed by atoms with van der Waals surface area (Å²) in [4.78, 5) is 12.5. The average molecular weight is 301 g/mol. The lowest BCUT2D eigenvalue weighted by molar-refractivity contribution is -0.144. The minimum absolute atomic E-state index is 0.0910. The smallest absolute Gasteiger partial charge is 0.352 e. The van der Waals surface area contributed by atoms with Gasteiger partial charge in [-0.3, -0.25) is 0 Å². The Labute approximate surface area is 118 Å². The number of aryl methyl sites for hydroxylation is 1. The molecule has 114 valence electrons. The molecule has 0 spiro atoms. The number of imidazole rings is 1. The Kier molecular flexibility index (Phi) is 3.98. The normalized spacial score (nSPS) is 11.5. The van der Waals surface area contributed by atoms with Crippen molar-refractivity contribution in [1.82, 2.24) is 19.5 Å². The zero-order valence-electron chi connectivity index (χ0n) is 11.4. The highest BCUT2D eigenvalue weighted by molar-refractivity contribution is 5.48. The fraction of sp³-hybridized carbons (Fsp3) is 0.364. The first-order valence-electron chi connectivity index (χ1n) is 5.91. The first-order chi connectivity index (χ1) is 9.81. The fourth-order valence-electron chi connectivity index (χ4n) is 1.67. The highest BCUT2D eigenvalue weighted by Crippen LogP contribution is 2.29. The lowest BCUT2D eigenvalue weighted by Gasteiger charge is -2.19. The number of nitrogen functional groups attached to an aromatic ring is 1. The summed E-state index contributed by atoms with van der Waals surface area (Å²) in [6.07, 6.45) is -1.29. The van der Waals surface area contributed by atoms with Crippen molar-refractivity contribution in [2.24, 2.45) is 12.9 Å². The van der Waals surface area contributed by atoms with E-state index in [0.29, 0.717) is 12.4 Å². The van der Waals surface area contributed by atoms with Crippen LogP contribution >= 0.6 is 0 Å². The molecule has 0 saturated heterocycles. The topological polar surface area (TPSA) is 84.9 Å². The average Bonchev–Trinajstić information content (AvgIpc) is 2.82. The molecule has 0 aliphatic carbocycles. The third kappa shape index (κ3) is 3.40. The van der Waals surface area contributed by atoms with Crippen LogP contribution in [0.15, 0.2) is 18.5 Å². The number of rotatable bonds is 4. The quantitative estimate of drug-likeness (QED) is 0.651. The molecule has 0 radical (unpaired) electrons. The summed E-state index contributed by atoms with van der Waals surface area (Å²) in [5.74, 6) is 4.56. The summed E-state index contributed by atoms with van der Waals surface area (Å²) in [6.45, 7) is 0.293. The Morgan fingerprint density at radius 3 is 2.62 bits per heavy atom. The zero-order chi connectivity index (χ0) is 15.6. The predicted octanol–water partition coefficient (Wildman–Crippen LogP) is 1.15. The van der Waals surface area contributed by atoms with Gasteiger partial charge in [0.15, 0.2) is 0 Å². The van der Waals surface area contributed by atoms with Crippen LogP contribution in [0.3, 0.4) is 0 Å². The minimum Gasteiger partial charge on any atom is -0.352 e. The summed E-state index contributed by atoms with van der Waals surface area (Å²) in [7, 11) is 3.40. The number of hydrogen-bond acceptors (Lipinski definition) is 6. The number of hydrogen-bond donors (Lipinski definition) is 2. The molecular weight excluding hydrogens is 287 g/mol. The molecule has 0 aliphatic rings. The molecule has 0 aliphatic heterocycles. The number of anilines is 2. The monoisotopic (exact) mass is 301 g/mol. The Morgan fingerprint density at radius 1 is 1.38 bits per heavy atom. The molecular formula is C11H14F3N7. The summed E-state index contributed by atoms with van der Waals surface area (Å²) in [6, 6.07) is 1.33. The van der Waals surface area contributed by atoms with E-state index in [0.717, 1.165) is 0 Å². The second-order valence-electron chi connectivity index (χ2n) is 4.39. The molecule has 2 rings (SSSR count). The van der Waals surface area contributed by atoms with Gasteiger partial charge in [-0.05, 0) is 0 Å². The molecule has 2 heterocycles. The number of aromatic nitrogens is 4. The van der Waals surface area contributed by atoms with Gasteiger partial charge in [0.2, 0.25) is 5.82 Å². The Balaban J connectivity index is 2.32. The second kappa shape index (κ2) is 5.56. The van der Waals surface area contributed by atoms with Crippen molar-refractivity contribution in [3.8, 4) is 0 Å². The molecule has 3 N–H and O–H groups in total. The van der Waals surface area contributed by atoms with Crippen molar-refractivity contribution < 1.29 is 13.2 Å². The van der Waals surface area contributed by atoms with Crippen molar-refractivity contribution in [1.29, 1.82) is 0 Å². The molecule has 2 aromatic heterocycles. The highest BCUT2D eigenvalue weighted by atomic mass is 19.4. The van der Waals surface area contributed by atoms with Crippen LogP contribution in [0.2, 0.25) is 0 Å². The van der Waals surface area contributed by atoms with Gasteiger partial charge in [0.25, 0.3) is 0 Å². The van der Waals surface area contributed by atoms with E-state index in [2.05, 4.69) is 20.4 Å². The maximum Gasteiger partial charge on any atom is 0.451 e. The number of alkyl halides is 3. The van der Waals surface area contributed by atoms with E-state index in [4.69, 9.17) is 5.84 Å². The molecule has 0 amide bonds. The van der Waals surface area contributed by atoms with Crippen LogP contribution in [0.1, 0.15) is 11.6 Å². The van der Waals surface area contributed by atoms with Crippen LogP contribution < -0.4 is 16.2 Å². The van der Waals surface area contributed by atoms with Crippen molar-refractivity contribution in [3.63, 3.8) is 0 Å². The van der Waals surface area contributed by atoms with Gasteiger partial charge < -0.3 is 14.9 Å². The summed E-state index contributed by atoms with van der Waals surface area (Å²) in [5, 5.41) is 0. The van der Waals surface area contributed by atoms with Gasteiger partial charge in [-0.25, -0.2) is 20.8 Å². The third-order valence-electron chi connectivity index (χ3n) is 2.80.